The minimum absolute atomic E-state index is 0.0976. The van der Waals surface area contributed by atoms with Gasteiger partial charge in [0.15, 0.2) is 0 Å². The number of benzene rings is 2. The van der Waals surface area contributed by atoms with Crippen LogP contribution in [0.3, 0.4) is 0 Å². The number of fused-ring (bicyclic) bond motifs is 1. The summed E-state index contributed by atoms with van der Waals surface area (Å²) >= 11 is 6.00. The molecule has 0 saturated heterocycles. The van der Waals surface area contributed by atoms with Gasteiger partial charge in [-0.15, -0.1) is 0 Å². The Hall–Kier alpha value is -2.27. The van der Waals surface area contributed by atoms with Gasteiger partial charge in [0.1, 0.15) is 0 Å². The van der Waals surface area contributed by atoms with Gasteiger partial charge < -0.3 is 10.6 Å². The zero-order valence-corrected chi connectivity index (χ0v) is 12.7. The van der Waals surface area contributed by atoms with Crippen LogP contribution in [-0.2, 0) is 13.0 Å². The topological polar surface area (TPSA) is 72.4 Å². The van der Waals surface area contributed by atoms with Gasteiger partial charge in [-0.2, -0.15) is 0 Å². The lowest BCUT2D eigenvalue weighted by molar-refractivity contribution is -0.385. The van der Waals surface area contributed by atoms with Gasteiger partial charge in [-0.1, -0.05) is 17.7 Å². The normalized spacial score (nSPS) is 13.8. The molecule has 2 aromatic carbocycles. The van der Waals surface area contributed by atoms with Crippen molar-refractivity contribution in [2.75, 3.05) is 17.2 Å². The highest BCUT2D eigenvalue weighted by Gasteiger charge is 2.22. The quantitative estimate of drug-likeness (QED) is 0.531. The summed E-state index contributed by atoms with van der Waals surface area (Å²) in [6.45, 7) is 1.30. The molecule has 0 spiro atoms. The molecule has 1 aliphatic rings. The number of anilines is 2. The summed E-state index contributed by atoms with van der Waals surface area (Å²) < 4.78 is 0. The Morgan fingerprint density at radius 1 is 1.32 bits per heavy atom. The molecule has 0 saturated carbocycles. The second kappa shape index (κ2) is 5.85. The van der Waals surface area contributed by atoms with Gasteiger partial charge in [-0.3, -0.25) is 10.1 Å². The van der Waals surface area contributed by atoms with Crippen LogP contribution in [0.2, 0.25) is 5.02 Å². The van der Waals surface area contributed by atoms with Crippen molar-refractivity contribution in [2.45, 2.75) is 19.4 Å². The molecule has 1 aliphatic heterocycles. The molecule has 2 aromatic rings. The minimum atomic E-state index is -0.365. The molecule has 0 unspecified atom stereocenters. The Bertz CT molecular complexity index is 733. The number of halogens is 1. The molecule has 2 N–H and O–H groups in total. The number of rotatable bonds is 3. The fourth-order valence-corrected chi connectivity index (χ4v) is 3.15. The standard InChI is InChI=1S/C16H16ClN3O2/c17-12-6-7-15(20(21)22)11(9-12)10-19-8-2-3-13-14(18)4-1-5-16(13)19/h1,4-7,9H,2-3,8,10,18H2. The highest BCUT2D eigenvalue weighted by molar-refractivity contribution is 6.30. The van der Waals surface area contributed by atoms with Crippen LogP contribution in [0, 0.1) is 10.1 Å². The van der Waals surface area contributed by atoms with Gasteiger partial charge in [-0.05, 0) is 42.7 Å². The average molecular weight is 318 g/mol. The first kappa shape index (κ1) is 14.7. The number of nitrogen functional groups attached to an aromatic ring is 1. The van der Waals surface area contributed by atoms with E-state index >= 15 is 0 Å². The van der Waals surface area contributed by atoms with Crippen molar-refractivity contribution in [3.05, 3.63) is 62.7 Å². The number of hydrogen-bond acceptors (Lipinski definition) is 4. The lowest BCUT2D eigenvalue weighted by Gasteiger charge is -2.32. The van der Waals surface area contributed by atoms with E-state index in [1.807, 2.05) is 18.2 Å². The third-order valence-corrected chi connectivity index (χ3v) is 4.22. The van der Waals surface area contributed by atoms with Gasteiger partial charge in [0, 0.05) is 35.6 Å². The highest BCUT2D eigenvalue weighted by Crippen LogP contribution is 2.34. The zero-order valence-electron chi connectivity index (χ0n) is 12.0. The largest absolute Gasteiger partial charge is 0.398 e. The first-order valence-corrected chi connectivity index (χ1v) is 7.49. The molecule has 0 amide bonds. The van der Waals surface area contributed by atoms with Crippen LogP contribution in [-0.4, -0.2) is 11.5 Å². The Morgan fingerprint density at radius 3 is 2.91 bits per heavy atom. The molecule has 6 heteroatoms. The summed E-state index contributed by atoms with van der Waals surface area (Å²) in [5.41, 5.74) is 9.72. The summed E-state index contributed by atoms with van der Waals surface area (Å²) in [6, 6.07) is 10.5. The van der Waals surface area contributed by atoms with E-state index in [-0.39, 0.29) is 10.6 Å². The fourth-order valence-electron chi connectivity index (χ4n) is 2.96. The summed E-state index contributed by atoms with van der Waals surface area (Å²) in [7, 11) is 0. The maximum atomic E-state index is 11.2. The maximum Gasteiger partial charge on any atom is 0.274 e. The SMILES string of the molecule is Nc1cccc2c1CCCN2Cc1cc(Cl)ccc1[N+](=O)[O-]. The molecule has 0 aromatic heterocycles. The lowest BCUT2D eigenvalue weighted by atomic mass is 9.99. The van der Waals surface area contributed by atoms with E-state index in [1.165, 1.54) is 6.07 Å². The van der Waals surface area contributed by atoms with Gasteiger partial charge in [-0.25, -0.2) is 0 Å². The van der Waals surface area contributed by atoms with Crippen LogP contribution < -0.4 is 10.6 Å². The maximum absolute atomic E-state index is 11.2. The van der Waals surface area contributed by atoms with E-state index in [0.29, 0.717) is 17.1 Å². The summed E-state index contributed by atoms with van der Waals surface area (Å²) in [5, 5.41) is 11.7. The molecule has 3 rings (SSSR count). The van der Waals surface area contributed by atoms with E-state index < -0.39 is 0 Å². The number of hydrogen-bond donors (Lipinski definition) is 1. The summed E-state index contributed by atoms with van der Waals surface area (Å²) in [6.07, 6.45) is 1.92. The molecule has 0 atom stereocenters. The van der Waals surface area contributed by atoms with Gasteiger partial charge in [0.05, 0.1) is 10.5 Å². The number of nitrogens with zero attached hydrogens (tertiary/aromatic N) is 2. The van der Waals surface area contributed by atoms with Crippen molar-refractivity contribution >= 4 is 28.7 Å². The second-order valence-electron chi connectivity index (χ2n) is 5.40. The Labute approximate surface area is 133 Å². The molecule has 0 fully saturated rings. The average Bonchev–Trinajstić information content (AvgIpc) is 2.48. The summed E-state index contributed by atoms with van der Waals surface area (Å²) in [4.78, 5) is 13.0. The molecule has 0 radical (unpaired) electrons. The Balaban J connectivity index is 1.97. The molecule has 0 bridgehead atoms. The first-order valence-electron chi connectivity index (χ1n) is 7.11. The van der Waals surface area contributed by atoms with Crippen LogP contribution in [0.15, 0.2) is 36.4 Å². The third kappa shape index (κ3) is 2.72. The minimum Gasteiger partial charge on any atom is -0.398 e. The van der Waals surface area contributed by atoms with Crippen LogP contribution in [0.5, 0.6) is 0 Å². The zero-order chi connectivity index (χ0) is 15.7. The second-order valence-corrected chi connectivity index (χ2v) is 5.84. The third-order valence-electron chi connectivity index (χ3n) is 3.98. The van der Waals surface area contributed by atoms with Gasteiger partial charge in [0.25, 0.3) is 5.69 Å². The van der Waals surface area contributed by atoms with Crippen molar-refractivity contribution in [1.29, 1.82) is 0 Å². The van der Waals surface area contributed by atoms with Crippen LogP contribution in [0.25, 0.3) is 0 Å². The number of nitro groups is 1. The lowest BCUT2D eigenvalue weighted by Crippen LogP contribution is -2.29. The van der Waals surface area contributed by atoms with E-state index in [0.717, 1.165) is 36.3 Å². The Kier molecular flexibility index (Phi) is 3.90. The molecule has 114 valence electrons. The van der Waals surface area contributed by atoms with E-state index in [1.54, 1.807) is 12.1 Å². The van der Waals surface area contributed by atoms with Crippen molar-refractivity contribution < 1.29 is 4.92 Å². The molecular weight excluding hydrogens is 302 g/mol. The van der Waals surface area contributed by atoms with E-state index in [9.17, 15) is 10.1 Å². The van der Waals surface area contributed by atoms with Crippen LogP contribution in [0.1, 0.15) is 17.5 Å². The Morgan fingerprint density at radius 2 is 2.14 bits per heavy atom. The predicted octanol–water partition coefficient (Wildman–Crippen LogP) is 3.78. The smallest absolute Gasteiger partial charge is 0.274 e. The van der Waals surface area contributed by atoms with Crippen molar-refractivity contribution in [3.8, 4) is 0 Å². The van der Waals surface area contributed by atoms with E-state index in [2.05, 4.69) is 4.90 Å². The van der Waals surface area contributed by atoms with Crippen molar-refractivity contribution in [1.82, 2.24) is 0 Å². The van der Waals surface area contributed by atoms with Crippen LogP contribution >= 0.6 is 11.6 Å². The van der Waals surface area contributed by atoms with Gasteiger partial charge in [0.2, 0.25) is 0 Å². The molecule has 22 heavy (non-hydrogen) atoms. The fraction of sp³-hybridized carbons (Fsp3) is 0.250. The van der Waals surface area contributed by atoms with E-state index in [4.69, 9.17) is 17.3 Å². The highest BCUT2D eigenvalue weighted by atomic mass is 35.5. The predicted molar refractivity (Wildman–Crippen MR) is 88.3 cm³/mol. The summed E-state index contributed by atoms with van der Waals surface area (Å²) in [5.74, 6) is 0. The van der Waals surface area contributed by atoms with Crippen molar-refractivity contribution in [2.24, 2.45) is 0 Å². The monoisotopic (exact) mass is 317 g/mol. The molecule has 0 aliphatic carbocycles. The molecular formula is C16H16ClN3O2. The number of nitro benzene ring substituents is 1. The van der Waals surface area contributed by atoms with Crippen molar-refractivity contribution in [3.63, 3.8) is 0 Å². The van der Waals surface area contributed by atoms with Crippen LogP contribution in [0.4, 0.5) is 17.1 Å². The molecule has 1 heterocycles. The number of nitrogens with two attached hydrogens (primary N) is 1. The van der Waals surface area contributed by atoms with Gasteiger partial charge >= 0.3 is 0 Å². The first-order chi connectivity index (χ1) is 10.6. The molecule has 5 nitrogen and oxygen atoms in total.